The number of hydrogen-bond donors (Lipinski definition) is 1. The van der Waals surface area contributed by atoms with Crippen LogP contribution in [0.4, 0.5) is 19.1 Å². The van der Waals surface area contributed by atoms with Gasteiger partial charge in [0, 0.05) is 24.0 Å². The average Bonchev–Trinajstić information content (AvgIpc) is 3.53. The van der Waals surface area contributed by atoms with Crippen molar-refractivity contribution >= 4 is 5.95 Å². The molecule has 1 aliphatic carbocycles. The van der Waals surface area contributed by atoms with E-state index in [9.17, 15) is 13.2 Å². The molecule has 0 aliphatic heterocycles. The van der Waals surface area contributed by atoms with Crippen LogP contribution in [0.2, 0.25) is 0 Å². The van der Waals surface area contributed by atoms with Crippen LogP contribution in [0.3, 0.4) is 0 Å². The molecule has 7 nitrogen and oxygen atoms in total. The molecule has 0 amide bonds. The molecule has 35 heavy (non-hydrogen) atoms. The quantitative estimate of drug-likeness (QED) is 0.365. The second kappa shape index (κ2) is 9.36. The van der Waals surface area contributed by atoms with Crippen molar-refractivity contribution in [3.05, 3.63) is 71.6 Å². The number of hydrogen-bond acceptors (Lipinski definition) is 6. The van der Waals surface area contributed by atoms with Crippen molar-refractivity contribution in [1.82, 2.24) is 24.7 Å². The Morgan fingerprint density at radius 3 is 2.54 bits per heavy atom. The highest BCUT2D eigenvalue weighted by Gasteiger charge is 2.24. The van der Waals surface area contributed by atoms with Gasteiger partial charge in [0.05, 0.1) is 17.0 Å². The third-order valence-corrected chi connectivity index (χ3v) is 5.79. The highest BCUT2D eigenvalue weighted by atomic mass is 19.3. The summed E-state index contributed by atoms with van der Waals surface area (Å²) in [5, 5.41) is 4.37. The number of nitrogens with two attached hydrogens (primary N) is 1. The summed E-state index contributed by atoms with van der Waals surface area (Å²) in [5.74, 6) is 0.269. The van der Waals surface area contributed by atoms with Crippen LogP contribution in [0.5, 0.6) is 5.88 Å². The number of rotatable bonds is 8. The van der Waals surface area contributed by atoms with E-state index in [1.807, 2.05) is 10.7 Å². The zero-order valence-corrected chi connectivity index (χ0v) is 19.0. The van der Waals surface area contributed by atoms with E-state index in [0.717, 1.165) is 12.2 Å². The van der Waals surface area contributed by atoms with Gasteiger partial charge in [0.2, 0.25) is 11.8 Å². The van der Waals surface area contributed by atoms with Gasteiger partial charge in [-0.15, -0.1) is 0 Å². The molecule has 5 rings (SSSR count). The van der Waals surface area contributed by atoms with Gasteiger partial charge >= 0.3 is 0 Å². The van der Waals surface area contributed by atoms with Crippen LogP contribution in [0.25, 0.3) is 22.4 Å². The van der Waals surface area contributed by atoms with E-state index in [-0.39, 0.29) is 24.1 Å². The van der Waals surface area contributed by atoms with Crippen molar-refractivity contribution in [2.24, 2.45) is 5.92 Å². The average molecular weight is 480 g/mol. The van der Waals surface area contributed by atoms with Crippen LogP contribution in [0.1, 0.15) is 36.3 Å². The standard InChI is InChI=1S/C25H23F3N6O/c1-14-10-17(11-20(31-14)23(27)28)21-22(16-4-6-18(26)7-5-16)32-25(29)33-24(21)35-13-19-8-9-30-34(19)12-15-2-3-15/h4-11,15,23H,2-3,12-13H2,1H3,(H2,29,32,33). The minimum Gasteiger partial charge on any atom is -0.471 e. The fourth-order valence-corrected chi connectivity index (χ4v) is 3.92. The lowest BCUT2D eigenvalue weighted by molar-refractivity contribution is 0.146. The van der Waals surface area contributed by atoms with Crippen molar-refractivity contribution in [2.45, 2.75) is 39.3 Å². The van der Waals surface area contributed by atoms with Gasteiger partial charge in [-0.1, -0.05) is 0 Å². The second-order valence-corrected chi connectivity index (χ2v) is 8.58. The molecule has 1 aliphatic rings. The van der Waals surface area contributed by atoms with Crippen LogP contribution >= 0.6 is 0 Å². The van der Waals surface area contributed by atoms with Crippen LogP contribution in [0, 0.1) is 18.7 Å². The lowest BCUT2D eigenvalue weighted by Gasteiger charge is -2.17. The predicted molar refractivity (Wildman–Crippen MR) is 124 cm³/mol. The maximum atomic E-state index is 13.6. The molecule has 3 aromatic heterocycles. The molecule has 0 saturated heterocycles. The number of ether oxygens (including phenoxy) is 1. The maximum Gasteiger partial charge on any atom is 0.280 e. The smallest absolute Gasteiger partial charge is 0.280 e. The summed E-state index contributed by atoms with van der Waals surface area (Å²) in [5.41, 5.74) is 8.51. The molecular formula is C25H23F3N6O. The van der Waals surface area contributed by atoms with Crippen molar-refractivity contribution in [3.63, 3.8) is 0 Å². The molecule has 1 saturated carbocycles. The predicted octanol–water partition coefficient (Wildman–Crippen LogP) is 5.36. The molecule has 0 atom stereocenters. The highest BCUT2D eigenvalue weighted by Crippen LogP contribution is 2.39. The largest absolute Gasteiger partial charge is 0.471 e. The first-order chi connectivity index (χ1) is 16.9. The molecule has 0 spiro atoms. The molecule has 0 bridgehead atoms. The van der Waals surface area contributed by atoms with E-state index < -0.39 is 12.2 Å². The van der Waals surface area contributed by atoms with Crippen molar-refractivity contribution in [2.75, 3.05) is 5.73 Å². The van der Waals surface area contributed by atoms with E-state index >= 15 is 0 Å². The van der Waals surface area contributed by atoms with Gasteiger partial charge in [0.1, 0.15) is 18.1 Å². The monoisotopic (exact) mass is 480 g/mol. The van der Waals surface area contributed by atoms with Gasteiger partial charge in [0.15, 0.2) is 0 Å². The minimum atomic E-state index is -2.77. The van der Waals surface area contributed by atoms with Gasteiger partial charge in [-0.25, -0.2) is 18.2 Å². The second-order valence-electron chi connectivity index (χ2n) is 8.58. The third-order valence-electron chi connectivity index (χ3n) is 5.79. The Morgan fingerprint density at radius 2 is 1.83 bits per heavy atom. The van der Waals surface area contributed by atoms with Gasteiger partial charge in [-0.3, -0.25) is 9.67 Å². The number of aromatic nitrogens is 5. The molecule has 0 radical (unpaired) electrons. The summed E-state index contributed by atoms with van der Waals surface area (Å²) in [6, 6.07) is 10.4. The molecule has 3 heterocycles. The van der Waals surface area contributed by atoms with Crippen molar-refractivity contribution in [3.8, 4) is 28.3 Å². The van der Waals surface area contributed by atoms with Crippen LogP contribution in [-0.2, 0) is 13.2 Å². The molecule has 10 heteroatoms. The first-order valence-electron chi connectivity index (χ1n) is 11.2. The number of aryl methyl sites for hydroxylation is 1. The summed E-state index contributed by atoms with van der Waals surface area (Å²) in [7, 11) is 0. The molecule has 180 valence electrons. The first-order valence-corrected chi connectivity index (χ1v) is 11.2. The topological polar surface area (TPSA) is 91.7 Å². The Labute approximate surface area is 199 Å². The lowest BCUT2D eigenvalue weighted by Crippen LogP contribution is -2.11. The van der Waals surface area contributed by atoms with Gasteiger partial charge in [0.25, 0.3) is 6.43 Å². The number of nitrogen functional groups attached to an aromatic ring is 1. The molecule has 2 N–H and O–H groups in total. The Kier molecular flexibility index (Phi) is 6.10. The summed E-state index contributed by atoms with van der Waals surface area (Å²) in [4.78, 5) is 12.6. The zero-order chi connectivity index (χ0) is 24.5. The fraction of sp³-hybridized carbons (Fsp3) is 0.280. The van der Waals surface area contributed by atoms with Gasteiger partial charge in [-0.2, -0.15) is 10.1 Å². The highest BCUT2D eigenvalue weighted by molar-refractivity contribution is 5.85. The van der Waals surface area contributed by atoms with Gasteiger partial charge in [-0.05, 0) is 73.7 Å². The maximum absolute atomic E-state index is 13.6. The SMILES string of the molecule is Cc1cc(-c2c(OCc3ccnn3CC3CC3)nc(N)nc2-c2ccc(F)cc2)cc(C(F)F)n1. The van der Waals surface area contributed by atoms with Crippen molar-refractivity contribution < 1.29 is 17.9 Å². The Bertz CT molecular complexity index is 1350. The lowest BCUT2D eigenvalue weighted by atomic mass is 9.99. The van der Waals surface area contributed by atoms with Crippen LogP contribution in [-0.4, -0.2) is 24.7 Å². The number of alkyl halides is 2. The molecule has 1 fully saturated rings. The Morgan fingerprint density at radius 1 is 1.06 bits per heavy atom. The third kappa shape index (κ3) is 5.11. The number of halogens is 3. The summed E-state index contributed by atoms with van der Waals surface area (Å²) in [6.45, 7) is 2.58. The van der Waals surface area contributed by atoms with E-state index in [0.29, 0.717) is 34.0 Å². The molecule has 0 unspecified atom stereocenters. The van der Waals surface area contributed by atoms with Crippen LogP contribution in [0.15, 0.2) is 48.7 Å². The Balaban J connectivity index is 1.61. The summed E-state index contributed by atoms with van der Waals surface area (Å²) < 4.78 is 48.7. The Hall–Kier alpha value is -3.95. The first kappa shape index (κ1) is 22.8. The normalized spacial score (nSPS) is 13.4. The van der Waals surface area contributed by atoms with Gasteiger partial charge < -0.3 is 10.5 Å². The number of pyridine rings is 1. The van der Waals surface area contributed by atoms with E-state index in [1.165, 1.54) is 43.2 Å². The van der Waals surface area contributed by atoms with E-state index in [1.54, 1.807) is 19.2 Å². The van der Waals surface area contributed by atoms with E-state index in [4.69, 9.17) is 10.5 Å². The summed E-state index contributed by atoms with van der Waals surface area (Å²) >= 11 is 0. The molecule has 1 aromatic carbocycles. The summed E-state index contributed by atoms with van der Waals surface area (Å²) in [6.07, 6.45) is 1.31. The number of anilines is 1. The fourth-order valence-electron chi connectivity index (χ4n) is 3.92. The van der Waals surface area contributed by atoms with Crippen molar-refractivity contribution in [1.29, 1.82) is 0 Å². The molecular weight excluding hydrogens is 457 g/mol. The number of benzene rings is 1. The minimum absolute atomic E-state index is 0.0607. The molecule has 4 aromatic rings. The van der Waals surface area contributed by atoms with Crippen LogP contribution < -0.4 is 10.5 Å². The van der Waals surface area contributed by atoms with E-state index in [2.05, 4.69) is 20.1 Å². The zero-order valence-electron chi connectivity index (χ0n) is 19.0. The number of nitrogens with zero attached hydrogens (tertiary/aromatic N) is 5.